The minimum absolute atomic E-state index is 0.141. The first-order valence-corrected chi connectivity index (χ1v) is 7.78. The van der Waals surface area contributed by atoms with E-state index in [1.165, 1.54) is 18.9 Å². The van der Waals surface area contributed by atoms with Crippen LogP contribution < -0.4 is 9.88 Å². The Morgan fingerprint density at radius 1 is 1.11 bits per heavy atom. The molecule has 2 aromatic rings. The highest BCUT2D eigenvalue weighted by molar-refractivity contribution is 7.89. The molecule has 4 nitrogen and oxygen atoms in total. The van der Waals surface area contributed by atoms with Crippen molar-refractivity contribution >= 4 is 20.8 Å². The Labute approximate surface area is 112 Å². The molecule has 100 valence electrons. The molecule has 1 aliphatic carbocycles. The predicted molar refractivity (Wildman–Crippen MR) is 73.5 cm³/mol. The summed E-state index contributed by atoms with van der Waals surface area (Å²) in [4.78, 5) is 0.141. The van der Waals surface area contributed by atoms with E-state index in [9.17, 15) is 8.42 Å². The van der Waals surface area contributed by atoms with Gasteiger partial charge >= 0.3 is 0 Å². The van der Waals surface area contributed by atoms with E-state index in [2.05, 4.69) is 0 Å². The number of hydrogen-bond donors (Lipinski definition) is 1. The summed E-state index contributed by atoms with van der Waals surface area (Å²) in [6.07, 6.45) is 2.43. The second-order valence-corrected chi connectivity index (χ2v) is 6.44. The zero-order chi connectivity index (χ0) is 13.5. The molecule has 0 atom stereocenters. The van der Waals surface area contributed by atoms with E-state index < -0.39 is 10.0 Å². The molecule has 2 N–H and O–H groups in total. The van der Waals surface area contributed by atoms with Crippen molar-refractivity contribution in [1.82, 2.24) is 0 Å². The highest BCUT2D eigenvalue weighted by Gasteiger charge is 2.22. The number of fused-ring (bicyclic) bond motifs is 1. The van der Waals surface area contributed by atoms with Crippen LogP contribution in [0.2, 0.25) is 0 Å². The smallest absolute Gasteiger partial charge is 0.238 e. The van der Waals surface area contributed by atoms with Gasteiger partial charge < -0.3 is 4.74 Å². The molecule has 1 fully saturated rings. The van der Waals surface area contributed by atoms with Crippen molar-refractivity contribution in [2.45, 2.75) is 17.7 Å². The average Bonchev–Trinajstić information content (AvgIpc) is 3.18. The molecule has 0 heterocycles. The summed E-state index contributed by atoms with van der Waals surface area (Å²) in [5, 5.41) is 6.63. The van der Waals surface area contributed by atoms with Crippen LogP contribution in [0.25, 0.3) is 10.8 Å². The largest absolute Gasteiger partial charge is 0.493 e. The first-order chi connectivity index (χ1) is 9.05. The Kier molecular flexibility index (Phi) is 2.95. The van der Waals surface area contributed by atoms with Crippen LogP contribution in [-0.4, -0.2) is 15.0 Å². The van der Waals surface area contributed by atoms with Gasteiger partial charge in [-0.25, -0.2) is 13.6 Å². The first-order valence-electron chi connectivity index (χ1n) is 6.23. The molecule has 0 aliphatic heterocycles. The number of nitrogens with two attached hydrogens (primary N) is 1. The van der Waals surface area contributed by atoms with Crippen LogP contribution in [0.4, 0.5) is 0 Å². The number of rotatable bonds is 4. The Balaban J connectivity index is 2.10. The van der Waals surface area contributed by atoms with Crippen molar-refractivity contribution in [3.05, 3.63) is 36.4 Å². The molecule has 1 saturated carbocycles. The Morgan fingerprint density at radius 3 is 2.42 bits per heavy atom. The van der Waals surface area contributed by atoms with Crippen LogP contribution in [0.5, 0.6) is 5.75 Å². The predicted octanol–water partition coefficient (Wildman–Crippen LogP) is 2.28. The Hall–Kier alpha value is -1.59. The van der Waals surface area contributed by atoms with Crippen LogP contribution in [0.1, 0.15) is 12.8 Å². The lowest BCUT2D eigenvalue weighted by Crippen LogP contribution is -2.12. The highest BCUT2D eigenvalue weighted by Crippen LogP contribution is 2.33. The second kappa shape index (κ2) is 4.51. The molecular formula is C14H15NO3S. The van der Waals surface area contributed by atoms with E-state index in [1.807, 2.05) is 12.1 Å². The van der Waals surface area contributed by atoms with Crippen molar-refractivity contribution in [3.63, 3.8) is 0 Å². The molecule has 0 saturated heterocycles. The fourth-order valence-corrected chi connectivity index (χ4v) is 2.85. The van der Waals surface area contributed by atoms with Crippen molar-refractivity contribution in [3.8, 4) is 5.75 Å². The van der Waals surface area contributed by atoms with Crippen molar-refractivity contribution in [2.24, 2.45) is 11.1 Å². The third kappa shape index (κ3) is 2.57. The van der Waals surface area contributed by atoms with Gasteiger partial charge in [-0.3, -0.25) is 0 Å². The molecule has 0 amide bonds. The van der Waals surface area contributed by atoms with Gasteiger partial charge in [0.1, 0.15) is 5.75 Å². The Morgan fingerprint density at radius 2 is 1.79 bits per heavy atom. The van der Waals surface area contributed by atoms with Gasteiger partial charge in [-0.1, -0.05) is 24.3 Å². The molecule has 5 heteroatoms. The van der Waals surface area contributed by atoms with E-state index in [1.54, 1.807) is 18.2 Å². The fraction of sp³-hybridized carbons (Fsp3) is 0.286. The molecular weight excluding hydrogens is 262 g/mol. The minimum atomic E-state index is -3.72. The van der Waals surface area contributed by atoms with E-state index in [4.69, 9.17) is 9.88 Å². The van der Waals surface area contributed by atoms with Crippen LogP contribution in [-0.2, 0) is 10.0 Å². The number of primary sulfonamides is 1. The molecule has 1 aliphatic rings. The van der Waals surface area contributed by atoms with Gasteiger partial charge in [0.2, 0.25) is 10.0 Å². The zero-order valence-electron chi connectivity index (χ0n) is 10.4. The second-order valence-electron chi connectivity index (χ2n) is 4.91. The average molecular weight is 277 g/mol. The SMILES string of the molecule is NS(=O)(=O)c1ccc(OCC2CC2)c2ccccc12. The third-order valence-corrected chi connectivity index (χ3v) is 4.29. The van der Waals surface area contributed by atoms with E-state index in [0.29, 0.717) is 17.9 Å². The van der Waals surface area contributed by atoms with Crippen LogP contribution in [0.15, 0.2) is 41.3 Å². The summed E-state index contributed by atoms with van der Waals surface area (Å²) in [5.41, 5.74) is 0. The number of hydrogen-bond acceptors (Lipinski definition) is 3. The van der Waals surface area contributed by atoms with Crippen molar-refractivity contribution < 1.29 is 13.2 Å². The van der Waals surface area contributed by atoms with E-state index in [0.717, 1.165) is 11.1 Å². The van der Waals surface area contributed by atoms with Crippen molar-refractivity contribution in [1.29, 1.82) is 0 Å². The van der Waals surface area contributed by atoms with Gasteiger partial charge in [0.05, 0.1) is 11.5 Å². The van der Waals surface area contributed by atoms with E-state index >= 15 is 0 Å². The highest BCUT2D eigenvalue weighted by atomic mass is 32.2. The number of sulfonamides is 1. The molecule has 19 heavy (non-hydrogen) atoms. The number of benzene rings is 2. The first kappa shape index (κ1) is 12.4. The van der Waals surface area contributed by atoms with Gasteiger partial charge in [-0.15, -0.1) is 0 Å². The summed E-state index contributed by atoms with van der Waals surface area (Å²) in [6, 6.07) is 10.5. The lowest BCUT2D eigenvalue weighted by molar-refractivity contribution is 0.303. The quantitative estimate of drug-likeness (QED) is 0.932. The zero-order valence-corrected chi connectivity index (χ0v) is 11.2. The minimum Gasteiger partial charge on any atom is -0.493 e. The summed E-state index contributed by atoms with van der Waals surface area (Å²) in [7, 11) is -3.72. The molecule has 0 aromatic heterocycles. The maximum Gasteiger partial charge on any atom is 0.238 e. The van der Waals surface area contributed by atoms with Crippen molar-refractivity contribution in [2.75, 3.05) is 6.61 Å². The molecule has 3 rings (SSSR count). The topological polar surface area (TPSA) is 69.4 Å². The van der Waals surface area contributed by atoms with Crippen LogP contribution in [0.3, 0.4) is 0 Å². The van der Waals surface area contributed by atoms with Crippen LogP contribution >= 0.6 is 0 Å². The lowest BCUT2D eigenvalue weighted by Gasteiger charge is -2.11. The summed E-state index contributed by atoms with van der Waals surface area (Å²) in [6.45, 7) is 0.693. The van der Waals surface area contributed by atoms with Gasteiger partial charge in [-0.05, 0) is 30.9 Å². The molecule has 0 bridgehead atoms. The molecule has 2 aromatic carbocycles. The maximum atomic E-state index is 11.6. The monoisotopic (exact) mass is 277 g/mol. The molecule has 0 radical (unpaired) electrons. The van der Waals surface area contributed by atoms with Crippen LogP contribution in [0, 0.1) is 5.92 Å². The molecule has 0 spiro atoms. The normalized spacial score (nSPS) is 15.6. The van der Waals surface area contributed by atoms with Gasteiger partial charge in [0.25, 0.3) is 0 Å². The van der Waals surface area contributed by atoms with Gasteiger partial charge in [-0.2, -0.15) is 0 Å². The standard InChI is InChI=1S/C14H15NO3S/c15-19(16,17)14-8-7-13(18-9-10-5-6-10)11-3-1-2-4-12(11)14/h1-4,7-8,10H,5-6,9H2,(H2,15,16,17). The number of ether oxygens (including phenoxy) is 1. The summed E-state index contributed by atoms with van der Waals surface area (Å²) < 4.78 is 28.9. The third-order valence-electron chi connectivity index (χ3n) is 3.32. The van der Waals surface area contributed by atoms with Gasteiger partial charge in [0, 0.05) is 10.8 Å². The fourth-order valence-electron chi connectivity index (χ4n) is 2.11. The summed E-state index contributed by atoms with van der Waals surface area (Å²) in [5.74, 6) is 1.37. The lowest BCUT2D eigenvalue weighted by atomic mass is 10.1. The maximum absolute atomic E-state index is 11.6. The summed E-state index contributed by atoms with van der Waals surface area (Å²) >= 11 is 0. The molecule has 0 unspecified atom stereocenters. The van der Waals surface area contributed by atoms with E-state index in [-0.39, 0.29) is 4.90 Å². The Bertz CT molecular complexity index is 721. The van der Waals surface area contributed by atoms with Gasteiger partial charge in [0.15, 0.2) is 0 Å².